The molecule has 0 radical (unpaired) electrons. The summed E-state index contributed by atoms with van der Waals surface area (Å²) in [4.78, 5) is 33.5. The lowest BCUT2D eigenvalue weighted by Crippen LogP contribution is -2.38. The van der Waals surface area contributed by atoms with E-state index in [0.717, 1.165) is 70.9 Å². The summed E-state index contributed by atoms with van der Waals surface area (Å²) in [6.45, 7) is 4.91. The van der Waals surface area contributed by atoms with Crippen LogP contribution in [-0.4, -0.2) is 45.4 Å². The van der Waals surface area contributed by atoms with Crippen molar-refractivity contribution in [2.45, 2.75) is 57.9 Å². The van der Waals surface area contributed by atoms with Crippen molar-refractivity contribution in [3.05, 3.63) is 46.9 Å². The molecule has 6 nitrogen and oxygen atoms in total. The molecule has 0 unspecified atom stereocenters. The van der Waals surface area contributed by atoms with Crippen LogP contribution in [0.5, 0.6) is 0 Å². The lowest BCUT2D eigenvalue weighted by Gasteiger charge is -2.35. The minimum atomic E-state index is 0.0933. The van der Waals surface area contributed by atoms with E-state index >= 15 is 0 Å². The number of piperidine rings is 1. The van der Waals surface area contributed by atoms with Gasteiger partial charge in [0.15, 0.2) is 0 Å². The van der Waals surface area contributed by atoms with Gasteiger partial charge in [-0.05, 0) is 56.2 Å². The Morgan fingerprint density at radius 2 is 1.87 bits per heavy atom. The van der Waals surface area contributed by atoms with Crippen molar-refractivity contribution in [3.8, 4) is 0 Å². The molecule has 0 aromatic carbocycles. The first-order chi connectivity index (χ1) is 15.2. The summed E-state index contributed by atoms with van der Waals surface area (Å²) in [5, 5.41) is 1.06. The zero-order chi connectivity index (χ0) is 21.2. The normalized spacial score (nSPS) is 20.1. The van der Waals surface area contributed by atoms with Gasteiger partial charge in [0.2, 0.25) is 0 Å². The lowest BCUT2D eigenvalue weighted by molar-refractivity contribution is 0.0615. The third kappa shape index (κ3) is 3.91. The first-order valence-electron chi connectivity index (χ1n) is 11.4. The fraction of sp³-hybridized carbons (Fsp3) is 0.500. The van der Waals surface area contributed by atoms with E-state index in [4.69, 9.17) is 0 Å². The van der Waals surface area contributed by atoms with E-state index in [0.29, 0.717) is 0 Å². The Bertz CT molecular complexity index is 1060. The van der Waals surface area contributed by atoms with E-state index < -0.39 is 0 Å². The number of likely N-dealkylation sites (tertiary alicyclic amines) is 1. The van der Waals surface area contributed by atoms with Gasteiger partial charge in [-0.2, -0.15) is 0 Å². The van der Waals surface area contributed by atoms with Gasteiger partial charge < -0.3 is 9.80 Å². The maximum Gasteiger partial charge on any atom is 0.264 e. The van der Waals surface area contributed by atoms with Crippen molar-refractivity contribution in [2.24, 2.45) is 0 Å². The van der Waals surface area contributed by atoms with Crippen LogP contribution in [0.4, 0.5) is 5.82 Å². The summed E-state index contributed by atoms with van der Waals surface area (Å²) in [5.74, 6) is 1.12. The summed E-state index contributed by atoms with van der Waals surface area (Å²) >= 11 is 1.52. The molecule has 2 saturated heterocycles. The Morgan fingerprint density at radius 3 is 2.65 bits per heavy atom. The van der Waals surface area contributed by atoms with E-state index in [1.165, 1.54) is 37.0 Å². The molecular weight excluding hydrogens is 406 g/mol. The number of nitrogens with zero attached hydrogens (tertiary/aromatic N) is 5. The largest absolute Gasteiger partial charge is 0.356 e. The van der Waals surface area contributed by atoms with E-state index in [1.807, 2.05) is 12.3 Å². The number of carbonyl (C=O) groups excluding carboxylic acids is 1. The average molecular weight is 436 g/mol. The van der Waals surface area contributed by atoms with E-state index in [2.05, 4.69) is 37.7 Å². The van der Waals surface area contributed by atoms with Gasteiger partial charge in [-0.25, -0.2) is 9.97 Å². The van der Waals surface area contributed by atoms with Gasteiger partial charge in [-0.3, -0.25) is 9.78 Å². The Morgan fingerprint density at radius 1 is 1.06 bits per heavy atom. The topological polar surface area (TPSA) is 62.2 Å². The van der Waals surface area contributed by atoms with E-state index in [1.54, 1.807) is 12.5 Å². The molecule has 3 aromatic heterocycles. The fourth-order valence-electron chi connectivity index (χ4n) is 5.00. The zero-order valence-corrected chi connectivity index (χ0v) is 18.9. The number of amides is 1. The number of hydrogen-bond acceptors (Lipinski definition) is 6. The third-order valence-corrected chi connectivity index (χ3v) is 7.83. The van der Waals surface area contributed by atoms with Crippen molar-refractivity contribution in [3.63, 3.8) is 0 Å². The van der Waals surface area contributed by atoms with Crippen LogP contribution in [0.25, 0.3) is 10.2 Å². The minimum Gasteiger partial charge on any atom is -0.356 e. The van der Waals surface area contributed by atoms with E-state index in [-0.39, 0.29) is 11.9 Å². The van der Waals surface area contributed by atoms with Crippen molar-refractivity contribution >= 4 is 33.3 Å². The quantitative estimate of drug-likeness (QED) is 0.570. The predicted molar refractivity (Wildman–Crippen MR) is 125 cm³/mol. The number of rotatable bonds is 3. The van der Waals surface area contributed by atoms with Crippen LogP contribution in [0.15, 0.2) is 30.9 Å². The second-order valence-electron chi connectivity index (χ2n) is 8.63. The second-order valence-corrected chi connectivity index (χ2v) is 9.63. The van der Waals surface area contributed by atoms with Crippen LogP contribution in [0.1, 0.15) is 71.8 Å². The molecule has 0 saturated carbocycles. The third-order valence-electron chi connectivity index (χ3n) is 6.64. The van der Waals surface area contributed by atoms with Crippen molar-refractivity contribution in [2.75, 3.05) is 24.5 Å². The summed E-state index contributed by atoms with van der Waals surface area (Å²) < 4.78 is 0. The minimum absolute atomic E-state index is 0.0933. The molecule has 0 spiro atoms. The van der Waals surface area contributed by atoms with Crippen molar-refractivity contribution in [1.82, 2.24) is 19.9 Å². The maximum absolute atomic E-state index is 13.8. The van der Waals surface area contributed by atoms with Crippen LogP contribution in [0.3, 0.4) is 0 Å². The summed E-state index contributed by atoms with van der Waals surface area (Å²) in [5.41, 5.74) is 2.15. The van der Waals surface area contributed by atoms with Gasteiger partial charge in [0.05, 0.1) is 16.3 Å². The standard InChI is InChI=1S/C24H29N5OS/c1-17-20-22(28-12-5-2-3-6-13-28)26-16-27-23(20)31-21(17)24(30)29-14-7-4-10-19(29)18-9-8-11-25-15-18/h8-9,11,15-16,19H,2-7,10,12-14H2,1H3/t19-/m0/s1. The predicted octanol–water partition coefficient (Wildman–Crippen LogP) is 5.14. The number of aryl methyl sites for hydroxylation is 1. The Hall–Kier alpha value is -2.54. The average Bonchev–Trinajstić information content (AvgIpc) is 2.99. The van der Waals surface area contributed by atoms with Gasteiger partial charge in [0.1, 0.15) is 17.0 Å². The zero-order valence-electron chi connectivity index (χ0n) is 18.1. The summed E-state index contributed by atoms with van der Waals surface area (Å²) in [6.07, 6.45) is 13.5. The Kier molecular flexibility index (Phi) is 5.85. The van der Waals surface area contributed by atoms with Crippen molar-refractivity contribution in [1.29, 1.82) is 0 Å². The molecule has 7 heteroatoms. The molecule has 0 N–H and O–H groups in total. The molecule has 1 amide bonds. The van der Waals surface area contributed by atoms with Crippen LogP contribution in [-0.2, 0) is 0 Å². The molecule has 3 aromatic rings. The van der Waals surface area contributed by atoms with Gasteiger partial charge in [0.25, 0.3) is 5.91 Å². The van der Waals surface area contributed by atoms with Gasteiger partial charge in [0, 0.05) is 32.0 Å². The number of hydrogen-bond donors (Lipinski definition) is 0. The van der Waals surface area contributed by atoms with Crippen LogP contribution >= 0.6 is 11.3 Å². The number of pyridine rings is 1. The number of fused-ring (bicyclic) bond motifs is 1. The molecule has 2 aliphatic heterocycles. The van der Waals surface area contributed by atoms with E-state index in [9.17, 15) is 4.79 Å². The highest BCUT2D eigenvalue weighted by molar-refractivity contribution is 7.20. The molecular formula is C24H29N5OS. The van der Waals surface area contributed by atoms with Crippen molar-refractivity contribution < 1.29 is 4.79 Å². The number of carbonyl (C=O) groups is 1. The first-order valence-corrected chi connectivity index (χ1v) is 12.3. The first kappa shape index (κ1) is 20.4. The van der Waals surface area contributed by atoms with Gasteiger partial charge in [-0.1, -0.05) is 18.9 Å². The molecule has 5 heterocycles. The summed E-state index contributed by atoms with van der Waals surface area (Å²) in [6, 6.07) is 4.14. The second kappa shape index (κ2) is 8.91. The van der Waals surface area contributed by atoms with Gasteiger partial charge >= 0.3 is 0 Å². The molecule has 162 valence electrons. The Labute approximate surface area is 187 Å². The fourth-order valence-corrected chi connectivity index (χ4v) is 6.10. The molecule has 0 aliphatic carbocycles. The smallest absolute Gasteiger partial charge is 0.264 e. The highest BCUT2D eigenvalue weighted by Gasteiger charge is 2.32. The van der Waals surface area contributed by atoms with Crippen LogP contribution in [0, 0.1) is 6.92 Å². The summed E-state index contributed by atoms with van der Waals surface area (Å²) in [7, 11) is 0. The molecule has 31 heavy (non-hydrogen) atoms. The maximum atomic E-state index is 13.8. The number of aromatic nitrogens is 3. The monoisotopic (exact) mass is 435 g/mol. The molecule has 1 atom stereocenters. The molecule has 2 aliphatic rings. The van der Waals surface area contributed by atoms with Crippen LogP contribution < -0.4 is 4.90 Å². The SMILES string of the molecule is Cc1c(C(=O)N2CCCC[C@H]2c2cccnc2)sc2ncnc(N3CCCCCC3)c12. The Balaban J connectivity index is 1.51. The lowest BCUT2D eigenvalue weighted by atomic mass is 9.96. The number of thiophene rings is 1. The highest BCUT2D eigenvalue weighted by Crippen LogP contribution is 2.39. The number of anilines is 1. The molecule has 2 fully saturated rings. The molecule has 0 bridgehead atoms. The molecule has 5 rings (SSSR count). The van der Waals surface area contributed by atoms with Crippen LogP contribution in [0.2, 0.25) is 0 Å². The highest BCUT2D eigenvalue weighted by atomic mass is 32.1. The van der Waals surface area contributed by atoms with Gasteiger partial charge in [-0.15, -0.1) is 11.3 Å².